The van der Waals surface area contributed by atoms with Crippen LogP contribution < -0.4 is 14.9 Å². The van der Waals surface area contributed by atoms with Crippen molar-refractivity contribution < 1.29 is 24.3 Å². The highest BCUT2D eigenvalue weighted by atomic mass is 28.3. The van der Waals surface area contributed by atoms with Gasteiger partial charge in [-0.25, -0.2) is 0 Å². The van der Waals surface area contributed by atoms with E-state index < -0.39 is 15.2 Å². The number of hydrogen-bond acceptors (Lipinski definition) is 5. The lowest BCUT2D eigenvalue weighted by atomic mass is 9.79. The largest absolute Gasteiger partial charge is 0.497 e. The molecule has 0 amide bonds. The van der Waals surface area contributed by atoms with Crippen molar-refractivity contribution in [2.24, 2.45) is 0 Å². The maximum Gasteiger partial charge on any atom is 0.492 e. The van der Waals surface area contributed by atoms with Gasteiger partial charge in [-0.15, -0.1) is 0 Å². The molecule has 0 unspecified atom stereocenters. The van der Waals surface area contributed by atoms with Crippen molar-refractivity contribution in [2.75, 3.05) is 20.5 Å². The lowest BCUT2D eigenvalue weighted by molar-refractivity contribution is 0.0219. The maximum atomic E-state index is 9.16. The molecule has 1 aromatic carbocycles. The Bertz CT molecular complexity index is 420. The average molecular weight is 298 g/mol. The predicted octanol–water partition coefficient (Wildman–Crippen LogP) is 1.07. The van der Waals surface area contributed by atoms with Crippen molar-refractivity contribution in [2.45, 2.75) is 25.7 Å². The highest BCUT2D eigenvalue weighted by molar-refractivity contribution is 6.76. The molecule has 0 radical (unpaired) electrons. The van der Waals surface area contributed by atoms with Crippen LogP contribution in [0.25, 0.3) is 0 Å². The van der Waals surface area contributed by atoms with Crippen LogP contribution in [-0.2, 0) is 4.74 Å². The number of ether oxygens (including phenoxy) is 3. The molecule has 0 aliphatic rings. The van der Waals surface area contributed by atoms with Crippen LogP contribution in [0.2, 0.25) is 25.7 Å². The minimum absolute atomic E-state index is 0.175. The molecule has 0 spiro atoms. The summed E-state index contributed by atoms with van der Waals surface area (Å²) in [5, 5.41) is 18.3. The summed E-state index contributed by atoms with van der Waals surface area (Å²) in [5.74, 6) is 0.943. The molecule has 0 saturated carbocycles. The first-order valence-corrected chi connectivity index (χ1v) is 10.3. The second-order valence-electron chi connectivity index (χ2n) is 5.76. The van der Waals surface area contributed by atoms with Crippen molar-refractivity contribution in [3.63, 3.8) is 0 Å². The normalized spacial score (nSPS) is 11.3. The quantitative estimate of drug-likeness (QED) is 0.427. The first-order valence-electron chi connectivity index (χ1n) is 6.58. The lowest BCUT2D eigenvalue weighted by Gasteiger charge is -2.16. The molecule has 112 valence electrons. The van der Waals surface area contributed by atoms with E-state index in [0.29, 0.717) is 23.6 Å². The second kappa shape index (κ2) is 7.68. The highest BCUT2D eigenvalue weighted by Crippen LogP contribution is 2.18. The minimum atomic E-state index is -1.56. The van der Waals surface area contributed by atoms with Gasteiger partial charge < -0.3 is 24.3 Å². The molecular formula is C13H23BO5Si. The van der Waals surface area contributed by atoms with Crippen LogP contribution in [0.1, 0.15) is 0 Å². The van der Waals surface area contributed by atoms with Crippen LogP contribution >= 0.6 is 0 Å². The van der Waals surface area contributed by atoms with Crippen LogP contribution in [0.5, 0.6) is 11.5 Å². The molecule has 0 saturated heterocycles. The molecule has 7 heteroatoms. The van der Waals surface area contributed by atoms with E-state index in [4.69, 9.17) is 24.3 Å². The van der Waals surface area contributed by atoms with E-state index in [1.54, 1.807) is 18.2 Å². The molecule has 0 fully saturated rings. The molecule has 5 nitrogen and oxygen atoms in total. The van der Waals surface area contributed by atoms with Gasteiger partial charge in [0.15, 0.2) is 6.79 Å². The summed E-state index contributed by atoms with van der Waals surface area (Å²) in [6, 6.07) is 5.91. The number of hydrogen-bond donors (Lipinski definition) is 2. The fourth-order valence-corrected chi connectivity index (χ4v) is 2.30. The van der Waals surface area contributed by atoms with Crippen molar-refractivity contribution >= 4 is 20.7 Å². The van der Waals surface area contributed by atoms with E-state index in [0.717, 1.165) is 6.04 Å². The molecule has 0 aromatic heterocycles. The Kier molecular flexibility index (Phi) is 6.54. The third kappa shape index (κ3) is 5.96. The van der Waals surface area contributed by atoms with Gasteiger partial charge in [-0.05, 0) is 12.1 Å². The molecule has 1 rings (SSSR count). The Morgan fingerprint density at radius 2 is 1.90 bits per heavy atom. The standard InChI is InChI=1S/C13H23BO5Si/c1-17-13-9-11(5-6-12(13)14(15)16)19-10-18-7-8-20(2,3)4/h5-6,9,15-16H,7-8,10H2,1-4H3. The minimum Gasteiger partial charge on any atom is -0.497 e. The van der Waals surface area contributed by atoms with Gasteiger partial charge >= 0.3 is 7.12 Å². The Morgan fingerprint density at radius 1 is 1.20 bits per heavy atom. The summed E-state index contributed by atoms with van der Waals surface area (Å²) >= 11 is 0. The van der Waals surface area contributed by atoms with E-state index >= 15 is 0 Å². The summed E-state index contributed by atoms with van der Waals surface area (Å²) in [6.45, 7) is 7.75. The van der Waals surface area contributed by atoms with Gasteiger partial charge in [0.2, 0.25) is 0 Å². The second-order valence-corrected chi connectivity index (χ2v) is 11.4. The zero-order valence-electron chi connectivity index (χ0n) is 12.5. The Hall–Kier alpha value is -1.02. The topological polar surface area (TPSA) is 68.2 Å². The molecule has 0 heterocycles. The molecule has 0 atom stereocenters. The van der Waals surface area contributed by atoms with Crippen LogP contribution in [0.15, 0.2) is 18.2 Å². The van der Waals surface area contributed by atoms with E-state index in [1.807, 2.05) is 0 Å². The monoisotopic (exact) mass is 298 g/mol. The van der Waals surface area contributed by atoms with E-state index in [1.165, 1.54) is 7.11 Å². The van der Waals surface area contributed by atoms with Gasteiger partial charge in [0.05, 0.1) is 7.11 Å². The molecule has 20 heavy (non-hydrogen) atoms. The Morgan fingerprint density at radius 3 is 2.45 bits per heavy atom. The zero-order chi connectivity index (χ0) is 15.2. The van der Waals surface area contributed by atoms with Crippen molar-refractivity contribution in [1.82, 2.24) is 0 Å². The Balaban J connectivity index is 2.45. The predicted molar refractivity (Wildman–Crippen MR) is 82.4 cm³/mol. The summed E-state index contributed by atoms with van der Waals surface area (Å²) in [6.07, 6.45) is 0. The molecule has 1 aromatic rings. The first kappa shape index (κ1) is 17.0. The van der Waals surface area contributed by atoms with Gasteiger partial charge in [-0.2, -0.15) is 0 Å². The molecule has 0 aliphatic carbocycles. The van der Waals surface area contributed by atoms with Gasteiger partial charge in [0, 0.05) is 26.2 Å². The smallest absolute Gasteiger partial charge is 0.492 e. The fourth-order valence-electron chi connectivity index (χ4n) is 1.54. The third-order valence-corrected chi connectivity index (χ3v) is 4.49. The van der Waals surface area contributed by atoms with Crippen molar-refractivity contribution in [3.05, 3.63) is 18.2 Å². The van der Waals surface area contributed by atoms with Gasteiger partial charge in [-0.1, -0.05) is 25.7 Å². The Labute approximate surface area is 121 Å². The fraction of sp³-hybridized carbons (Fsp3) is 0.538. The van der Waals surface area contributed by atoms with Crippen LogP contribution in [0.4, 0.5) is 0 Å². The van der Waals surface area contributed by atoms with E-state index in [-0.39, 0.29) is 6.79 Å². The van der Waals surface area contributed by atoms with Crippen LogP contribution in [0, 0.1) is 0 Å². The summed E-state index contributed by atoms with van der Waals surface area (Å²) < 4.78 is 16.0. The first-order chi connectivity index (χ1) is 9.33. The number of benzene rings is 1. The SMILES string of the molecule is COc1cc(OCOCC[Si](C)(C)C)ccc1B(O)O. The molecule has 0 aliphatic heterocycles. The summed E-state index contributed by atoms with van der Waals surface area (Å²) in [5.41, 5.74) is 0.305. The summed E-state index contributed by atoms with van der Waals surface area (Å²) in [4.78, 5) is 0. The average Bonchev–Trinajstić information content (AvgIpc) is 2.36. The van der Waals surface area contributed by atoms with E-state index in [9.17, 15) is 0 Å². The lowest BCUT2D eigenvalue weighted by Crippen LogP contribution is -2.31. The van der Waals surface area contributed by atoms with E-state index in [2.05, 4.69) is 19.6 Å². The maximum absolute atomic E-state index is 9.16. The number of rotatable bonds is 8. The van der Waals surface area contributed by atoms with Gasteiger partial charge in [-0.3, -0.25) is 0 Å². The van der Waals surface area contributed by atoms with Crippen LogP contribution in [-0.4, -0.2) is 45.7 Å². The van der Waals surface area contributed by atoms with Crippen molar-refractivity contribution in [1.29, 1.82) is 0 Å². The van der Waals surface area contributed by atoms with Crippen molar-refractivity contribution in [3.8, 4) is 11.5 Å². The van der Waals surface area contributed by atoms with Gasteiger partial charge in [0.25, 0.3) is 0 Å². The highest BCUT2D eigenvalue weighted by Gasteiger charge is 2.17. The third-order valence-electron chi connectivity index (χ3n) is 2.79. The molecular weight excluding hydrogens is 275 g/mol. The summed E-state index contributed by atoms with van der Waals surface area (Å²) in [7, 11) is -1.17. The number of methoxy groups -OCH3 is 1. The van der Waals surface area contributed by atoms with Crippen LogP contribution in [0.3, 0.4) is 0 Å². The molecule has 0 bridgehead atoms. The zero-order valence-corrected chi connectivity index (χ0v) is 13.5. The molecule has 2 N–H and O–H groups in total. The van der Waals surface area contributed by atoms with Gasteiger partial charge in [0.1, 0.15) is 11.5 Å².